The molecule has 0 unspecified atom stereocenters. The summed E-state index contributed by atoms with van der Waals surface area (Å²) in [6.07, 6.45) is 0. The fraction of sp³-hybridized carbons (Fsp3) is 0. The maximum Gasteiger partial charge on any atom is 0.211 e. The molecule has 0 aliphatic heterocycles. The minimum Gasteiger partial charge on any atom is -0.329 e. The van der Waals surface area contributed by atoms with E-state index in [9.17, 15) is 0 Å². The fourth-order valence-electron chi connectivity index (χ4n) is 1.29. The summed E-state index contributed by atoms with van der Waals surface area (Å²) >= 11 is 0. The molecule has 0 aliphatic carbocycles. The van der Waals surface area contributed by atoms with Crippen molar-refractivity contribution in [3.8, 4) is 18.2 Å². The molecule has 0 saturated carbocycles. The van der Waals surface area contributed by atoms with E-state index >= 15 is 0 Å². The first-order valence-electron chi connectivity index (χ1n) is 4.02. The minimum atomic E-state index is 0.170. The van der Waals surface area contributed by atoms with Gasteiger partial charge in [-0.2, -0.15) is 15.8 Å². The monoisotopic (exact) mass is 193 g/mol. The lowest BCUT2D eigenvalue weighted by molar-refractivity contribution is 1.25. The quantitative estimate of drug-likeness (QED) is 0.678. The number of nitriles is 3. The summed E-state index contributed by atoms with van der Waals surface area (Å²) in [5, 5.41) is 26.2. The van der Waals surface area contributed by atoms with Crippen LogP contribution in [0.15, 0.2) is 12.1 Å². The Labute approximate surface area is 84.8 Å². The van der Waals surface area contributed by atoms with Gasteiger partial charge in [-0.25, -0.2) is 4.98 Å². The molecule has 0 fully saturated rings. The maximum atomic E-state index is 8.77. The molecular weight excluding hydrogens is 190 g/mol. The Bertz CT molecular complexity index is 609. The summed E-state index contributed by atoms with van der Waals surface area (Å²) in [5.41, 5.74) is 1.64. The van der Waals surface area contributed by atoms with Gasteiger partial charge in [0.2, 0.25) is 5.82 Å². The van der Waals surface area contributed by atoms with E-state index in [1.54, 1.807) is 0 Å². The number of imidazole rings is 1. The van der Waals surface area contributed by atoms with E-state index in [2.05, 4.69) is 9.97 Å². The first-order chi connectivity index (χ1) is 7.28. The van der Waals surface area contributed by atoms with E-state index in [0.29, 0.717) is 11.0 Å². The van der Waals surface area contributed by atoms with Gasteiger partial charge in [-0.1, -0.05) is 0 Å². The average molecular weight is 193 g/mol. The van der Waals surface area contributed by atoms with Crippen molar-refractivity contribution in [2.75, 3.05) is 0 Å². The van der Waals surface area contributed by atoms with Gasteiger partial charge in [-0.3, -0.25) is 0 Å². The third-order valence-corrected chi connectivity index (χ3v) is 1.97. The van der Waals surface area contributed by atoms with Crippen LogP contribution in [0.3, 0.4) is 0 Å². The van der Waals surface area contributed by atoms with E-state index in [1.165, 1.54) is 12.1 Å². The number of benzene rings is 1. The van der Waals surface area contributed by atoms with Crippen molar-refractivity contribution < 1.29 is 0 Å². The highest BCUT2D eigenvalue weighted by Crippen LogP contribution is 2.17. The van der Waals surface area contributed by atoms with Gasteiger partial charge in [0.1, 0.15) is 18.2 Å². The van der Waals surface area contributed by atoms with E-state index in [1.807, 2.05) is 18.2 Å². The molecule has 15 heavy (non-hydrogen) atoms. The van der Waals surface area contributed by atoms with Gasteiger partial charge in [0.25, 0.3) is 0 Å². The number of hydrogen-bond acceptors (Lipinski definition) is 4. The number of H-pyrrole nitrogens is 1. The third-order valence-electron chi connectivity index (χ3n) is 1.97. The molecule has 0 atom stereocenters. The van der Waals surface area contributed by atoms with Crippen LogP contribution < -0.4 is 0 Å². The predicted molar refractivity (Wildman–Crippen MR) is 50.2 cm³/mol. The Balaban J connectivity index is 2.82. The molecule has 0 saturated heterocycles. The van der Waals surface area contributed by atoms with Crippen LogP contribution in [-0.4, -0.2) is 9.97 Å². The third kappa shape index (κ3) is 1.27. The molecule has 0 spiro atoms. The van der Waals surface area contributed by atoms with Gasteiger partial charge in [-0.05, 0) is 12.1 Å². The van der Waals surface area contributed by atoms with Gasteiger partial charge in [0.15, 0.2) is 0 Å². The smallest absolute Gasteiger partial charge is 0.211 e. The lowest BCUT2D eigenvalue weighted by Crippen LogP contribution is -1.83. The average Bonchev–Trinajstić information content (AvgIpc) is 2.68. The highest BCUT2D eigenvalue weighted by Gasteiger charge is 2.07. The van der Waals surface area contributed by atoms with Crippen molar-refractivity contribution in [3.05, 3.63) is 29.1 Å². The van der Waals surface area contributed by atoms with Crippen LogP contribution in [0, 0.1) is 34.0 Å². The van der Waals surface area contributed by atoms with Crippen molar-refractivity contribution >= 4 is 11.0 Å². The van der Waals surface area contributed by atoms with Gasteiger partial charge < -0.3 is 4.98 Å². The molecule has 1 aromatic carbocycles. The van der Waals surface area contributed by atoms with Crippen molar-refractivity contribution in [2.45, 2.75) is 0 Å². The van der Waals surface area contributed by atoms with E-state index in [0.717, 1.165) is 0 Å². The van der Waals surface area contributed by atoms with Gasteiger partial charge in [-0.15, -0.1) is 0 Å². The van der Waals surface area contributed by atoms with Crippen LogP contribution in [-0.2, 0) is 0 Å². The van der Waals surface area contributed by atoms with Crippen molar-refractivity contribution in [3.63, 3.8) is 0 Å². The SMILES string of the molecule is N#Cc1nc2cc(C#N)c(C#N)cc2[nH]1. The van der Waals surface area contributed by atoms with Crippen LogP contribution in [0.1, 0.15) is 17.0 Å². The lowest BCUT2D eigenvalue weighted by atomic mass is 10.1. The molecular formula is C10H3N5. The molecule has 5 heteroatoms. The standard InChI is InChI=1S/C10H3N5/c11-3-6-1-8-9(2-7(6)4-12)15-10(5-13)14-8/h1-2H,(H,14,15). The Morgan fingerprint density at radius 2 is 1.67 bits per heavy atom. The maximum absolute atomic E-state index is 8.77. The normalized spacial score (nSPS) is 9.13. The zero-order valence-electron chi connectivity index (χ0n) is 7.44. The van der Waals surface area contributed by atoms with Gasteiger partial charge in [0.05, 0.1) is 22.2 Å². The van der Waals surface area contributed by atoms with E-state index < -0.39 is 0 Å². The Morgan fingerprint density at radius 3 is 2.27 bits per heavy atom. The molecule has 0 radical (unpaired) electrons. The van der Waals surface area contributed by atoms with Crippen LogP contribution in [0.25, 0.3) is 11.0 Å². The highest BCUT2D eigenvalue weighted by atomic mass is 14.9. The van der Waals surface area contributed by atoms with Gasteiger partial charge >= 0.3 is 0 Å². The lowest BCUT2D eigenvalue weighted by Gasteiger charge is -1.92. The zero-order valence-corrected chi connectivity index (χ0v) is 7.44. The number of aromatic amines is 1. The number of aromatic nitrogens is 2. The topological polar surface area (TPSA) is 100 Å². The summed E-state index contributed by atoms with van der Waals surface area (Å²) in [5.74, 6) is 0.170. The Hall–Kier alpha value is -2.84. The molecule has 68 valence electrons. The number of hydrogen-bond donors (Lipinski definition) is 1. The van der Waals surface area contributed by atoms with Crippen LogP contribution in [0.2, 0.25) is 0 Å². The van der Waals surface area contributed by atoms with E-state index in [4.69, 9.17) is 15.8 Å². The number of fused-ring (bicyclic) bond motifs is 1. The van der Waals surface area contributed by atoms with Gasteiger partial charge in [0, 0.05) is 0 Å². The van der Waals surface area contributed by atoms with Crippen LogP contribution in [0.4, 0.5) is 0 Å². The summed E-state index contributed by atoms with van der Waals surface area (Å²) in [6.45, 7) is 0. The van der Waals surface area contributed by atoms with Crippen LogP contribution >= 0.6 is 0 Å². The summed E-state index contributed by atoms with van der Waals surface area (Å²) < 4.78 is 0. The first kappa shape index (κ1) is 8.74. The van der Waals surface area contributed by atoms with Crippen molar-refractivity contribution in [1.82, 2.24) is 9.97 Å². The predicted octanol–water partition coefficient (Wildman–Crippen LogP) is 1.18. The second-order valence-electron chi connectivity index (χ2n) is 2.84. The molecule has 0 bridgehead atoms. The fourth-order valence-corrected chi connectivity index (χ4v) is 1.29. The zero-order chi connectivity index (χ0) is 10.8. The first-order valence-corrected chi connectivity index (χ1v) is 4.02. The van der Waals surface area contributed by atoms with Crippen LogP contribution in [0.5, 0.6) is 0 Å². The number of rotatable bonds is 0. The molecule has 0 amide bonds. The second-order valence-corrected chi connectivity index (χ2v) is 2.84. The highest BCUT2D eigenvalue weighted by molar-refractivity contribution is 5.79. The summed E-state index contributed by atoms with van der Waals surface area (Å²) in [6, 6.07) is 8.69. The molecule has 1 heterocycles. The number of nitrogens with one attached hydrogen (secondary N) is 1. The molecule has 5 nitrogen and oxygen atoms in total. The summed E-state index contributed by atoms with van der Waals surface area (Å²) in [4.78, 5) is 6.68. The number of nitrogens with zero attached hydrogens (tertiary/aromatic N) is 4. The Morgan fingerprint density at radius 1 is 1.00 bits per heavy atom. The summed E-state index contributed by atoms with van der Waals surface area (Å²) in [7, 11) is 0. The molecule has 2 rings (SSSR count). The molecule has 1 aromatic heterocycles. The Kier molecular flexibility index (Phi) is 1.83. The van der Waals surface area contributed by atoms with Crippen molar-refractivity contribution in [1.29, 1.82) is 15.8 Å². The molecule has 2 aromatic rings. The second kappa shape index (κ2) is 3.14. The largest absolute Gasteiger partial charge is 0.329 e. The minimum absolute atomic E-state index is 0.170. The molecule has 0 aliphatic rings. The molecule has 1 N–H and O–H groups in total. The van der Waals surface area contributed by atoms with Crippen molar-refractivity contribution in [2.24, 2.45) is 0 Å². The van der Waals surface area contributed by atoms with E-state index in [-0.39, 0.29) is 17.0 Å².